The van der Waals surface area contributed by atoms with Crippen molar-refractivity contribution in [2.24, 2.45) is 0 Å². The second-order valence-electron chi connectivity index (χ2n) is 4.39. The molecule has 1 aliphatic heterocycles. The number of carbonyl (C=O) groups excluding carboxylic acids is 1. The van der Waals surface area contributed by atoms with Crippen molar-refractivity contribution < 1.29 is 4.79 Å². The fraction of sp³-hybridized carbons (Fsp3) is 0.667. The molecule has 5 nitrogen and oxygen atoms in total. The van der Waals surface area contributed by atoms with Crippen LogP contribution in [0.4, 0.5) is 0 Å². The summed E-state index contributed by atoms with van der Waals surface area (Å²) in [5.74, 6) is 0.179. The molecule has 1 aliphatic rings. The first-order chi connectivity index (χ1) is 8.31. The molecule has 2 rings (SSSR count). The summed E-state index contributed by atoms with van der Waals surface area (Å²) in [7, 11) is 0. The normalized spacial score (nSPS) is 17.2. The molecule has 17 heavy (non-hydrogen) atoms. The molecule has 0 aliphatic carbocycles. The molecule has 0 amide bonds. The molecule has 1 N–H and O–H groups in total. The van der Waals surface area contributed by atoms with Crippen LogP contribution in [-0.4, -0.2) is 53.2 Å². The van der Waals surface area contributed by atoms with Gasteiger partial charge in [-0.3, -0.25) is 14.4 Å². The highest BCUT2D eigenvalue weighted by atomic mass is 16.1. The van der Waals surface area contributed by atoms with Gasteiger partial charge in [-0.1, -0.05) is 6.92 Å². The highest BCUT2D eigenvalue weighted by molar-refractivity contribution is 5.96. The molecule has 1 fully saturated rings. The van der Waals surface area contributed by atoms with E-state index in [0.29, 0.717) is 6.54 Å². The third kappa shape index (κ3) is 3.14. The molecular weight excluding hydrogens is 216 g/mol. The van der Waals surface area contributed by atoms with Gasteiger partial charge in [0.2, 0.25) is 0 Å². The lowest BCUT2D eigenvalue weighted by atomic mass is 10.2. The molecule has 1 saturated heterocycles. The Morgan fingerprint density at radius 2 is 2.24 bits per heavy atom. The van der Waals surface area contributed by atoms with Crippen LogP contribution in [0.5, 0.6) is 0 Å². The van der Waals surface area contributed by atoms with Crippen molar-refractivity contribution in [2.75, 3.05) is 32.7 Å². The Bertz CT molecular complexity index is 368. The average Bonchev–Trinajstić information content (AvgIpc) is 2.79. The number of piperazine rings is 1. The maximum atomic E-state index is 12.1. The molecule has 0 bridgehead atoms. The number of hydrogen-bond acceptors (Lipinski definition) is 4. The van der Waals surface area contributed by atoms with Crippen molar-refractivity contribution in [1.82, 2.24) is 20.0 Å². The quantitative estimate of drug-likeness (QED) is 0.751. The highest BCUT2D eigenvalue weighted by Gasteiger charge is 2.17. The number of aryl methyl sites for hydroxylation is 1. The SMILES string of the molecule is CCCn1nccc1C(=O)CN1CCNCC1. The minimum Gasteiger partial charge on any atom is -0.314 e. The monoisotopic (exact) mass is 236 g/mol. The molecule has 0 saturated carbocycles. The van der Waals surface area contributed by atoms with Crippen LogP contribution in [0.3, 0.4) is 0 Å². The highest BCUT2D eigenvalue weighted by Crippen LogP contribution is 2.04. The smallest absolute Gasteiger partial charge is 0.194 e. The molecule has 0 spiro atoms. The van der Waals surface area contributed by atoms with Gasteiger partial charge in [0.05, 0.1) is 6.54 Å². The van der Waals surface area contributed by atoms with Gasteiger partial charge in [-0.25, -0.2) is 0 Å². The van der Waals surface area contributed by atoms with Crippen LogP contribution in [0.2, 0.25) is 0 Å². The number of nitrogens with zero attached hydrogens (tertiary/aromatic N) is 3. The maximum absolute atomic E-state index is 12.1. The molecule has 5 heteroatoms. The Morgan fingerprint density at radius 3 is 2.94 bits per heavy atom. The number of ketones is 1. The van der Waals surface area contributed by atoms with E-state index in [1.165, 1.54) is 0 Å². The third-order valence-electron chi connectivity index (χ3n) is 3.01. The molecule has 0 atom stereocenters. The first-order valence-electron chi connectivity index (χ1n) is 6.29. The summed E-state index contributed by atoms with van der Waals surface area (Å²) in [6.45, 7) is 7.27. The van der Waals surface area contributed by atoms with Gasteiger partial charge < -0.3 is 5.32 Å². The number of aromatic nitrogens is 2. The number of carbonyl (C=O) groups is 1. The van der Waals surface area contributed by atoms with Crippen LogP contribution >= 0.6 is 0 Å². The standard InChI is InChI=1S/C12H20N4O/c1-2-7-16-11(3-4-14-16)12(17)10-15-8-5-13-6-9-15/h3-4,13H,2,5-10H2,1H3. The molecule has 94 valence electrons. The van der Waals surface area contributed by atoms with E-state index < -0.39 is 0 Å². The van der Waals surface area contributed by atoms with Crippen LogP contribution in [0.15, 0.2) is 12.3 Å². The largest absolute Gasteiger partial charge is 0.314 e. The van der Waals surface area contributed by atoms with Gasteiger partial charge in [0.25, 0.3) is 0 Å². The first kappa shape index (κ1) is 12.3. The number of rotatable bonds is 5. The average molecular weight is 236 g/mol. The van der Waals surface area contributed by atoms with Crippen molar-refractivity contribution in [3.05, 3.63) is 18.0 Å². The van der Waals surface area contributed by atoms with Gasteiger partial charge in [0.15, 0.2) is 5.78 Å². The zero-order valence-corrected chi connectivity index (χ0v) is 10.4. The van der Waals surface area contributed by atoms with Crippen molar-refractivity contribution >= 4 is 5.78 Å². The molecule has 0 radical (unpaired) electrons. The lowest BCUT2D eigenvalue weighted by Crippen LogP contribution is -2.45. The van der Waals surface area contributed by atoms with Crippen molar-refractivity contribution in [2.45, 2.75) is 19.9 Å². The van der Waals surface area contributed by atoms with Gasteiger partial charge >= 0.3 is 0 Å². The molecule has 1 aromatic rings. The fourth-order valence-electron chi connectivity index (χ4n) is 2.11. The summed E-state index contributed by atoms with van der Waals surface area (Å²) in [5.41, 5.74) is 0.741. The Kier molecular flexibility index (Phi) is 4.28. The van der Waals surface area contributed by atoms with E-state index >= 15 is 0 Å². The summed E-state index contributed by atoms with van der Waals surface area (Å²) in [5, 5.41) is 7.47. The van der Waals surface area contributed by atoms with E-state index in [1.807, 2.05) is 10.7 Å². The first-order valence-corrected chi connectivity index (χ1v) is 6.29. The maximum Gasteiger partial charge on any atom is 0.194 e. The lowest BCUT2D eigenvalue weighted by Gasteiger charge is -2.26. The second-order valence-corrected chi connectivity index (χ2v) is 4.39. The summed E-state index contributed by atoms with van der Waals surface area (Å²) in [4.78, 5) is 14.3. The predicted octanol–water partition coefficient (Wildman–Crippen LogP) is 0.381. The third-order valence-corrected chi connectivity index (χ3v) is 3.01. The van der Waals surface area contributed by atoms with Gasteiger partial charge in [-0.05, 0) is 12.5 Å². The van der Waals surface area contributed by atoms with Crippen LogP contribution in [0, 0.1) is 0 Å². The van der Waals surface area contributed by atoms with E-state index in [1.54, 1.807) is 6.20 Å². The Labute approximate surface area is 102 Å². The van der Waals surface area contributed by atoms with Crippen molar-refractivity contribution in [3.8, 4) is 0 Å². The molecule has 0 unspecified atom stereocenters. The summed E-state index contributed by atoms with van der Waals surface area (Å²) in [6, 6.07) is 1.82. The Morgan fingerprint density at radius 1 is 1.47 bits per heavy atom. The summed E-state index contributed by atoms with van der Waals surface area (Å²) in [6.07, 6.45) is 2.70. The minimum absolute atomic E-state index is 0.179. The predicted molar refractivity (Wildman–Crippen MR) is 66.2 cm³/mol. The van der Waals surface area contributed by atoms with Crippen molar-refractivity contribution in [3.63, 3.8) is 0 Å². The lowest BCUT2D eigenvalue weighted by molar-refractivity contribution is 0.0910. The van der Waals surface area contributed by atoms with E-state index in [2.05, 4.69) is 22.2 Å². The van der Waals surface area contributed by atoms with Gasteiger partial charge in [-0.15, -0.1) is 0 Å². The van der Waals surface area contributed by atoms with E-state index in [-0.39, 0.29) is 5.78 Å². The van der Waals surface area contributed by atoms with Gasteiger partial charge in [-0.2, -0.15) is 5.10 Å². The van der Waals surface area contributed by atoms with Crippen LogP contribution < -0.4 is 5.32 Å². The molecule has 0 aromatic carbocycles. The zero-order chi connectivity index (χ0) is 12.1. The number of Topliss-reactive ketones (excluding diaryl/α,β-unsaturated/α-hetero) is 1. The molecular formula is C12H20N4O. The van der Waals surface area contributed by atoms with Crippen LogP contribution in [-0.2, 0) is 6.54 Å². The zero-order valence-electron chi connectivity index (χ0n) is 10.4. The van der Waals surface area contributed by atoms with Crippen LogP contribution in [0.1, 0.15) is 23.8 Å². The Hall–Kier alpha value is -1.20. The number of nitrogens with one attached hydrogen (secondary N) is 1. The van der Waals surface area contributed by atoms with E-state index in [4.69, 9.17) is 0 Å². The number of hydrogen-bond donors (Lipinski definition) is 1. The van der Waals surface area contributed by atoms with Crippen LogP contribution in [0.25, 0.3) is 0 Å². The van der Waals surface area contributed by atoms with Crippen molar-refractivity contribution in [1.29, 1.82) is 0 Å². The summed E-state index contributed by atoms with van der Waals surface area (Å²) >= 11 is 0. The van der Waals surface area contributed by atoms with E-state index in [9.17, 15) is 4.79 Å². The minimum atomic E-state index is 0.179. The van der Waals surface area contributed by atoms with E-state index in [0.717, 1.165) is 44.8 Å². The Balaban J connectivity index is 1.96. The molecule has 1 aromatic heterocycles. The molecule has 2 heterocycles. The van der Waals surface area contributed by atoms with Gasteiger partial charge in [0.1, 0.15) is 5.69 Å². The topological polar surface area (TPSA) is 50.2 Å². The second kappa shape index (κ2) is 5.93. The fourth-order valence-corrected chi connectivity index (χ4v) is 2.11. The van der Waals surface area contributed by atoms with Gasteiger partial charge in [0, 0.05) is 38.9 Å². The summed E-state index contributed by atoms with van der Waals surface area (Å²) < 4.78 is 1.81.